The Hall–Kier alpha value is -2.66. The smallest absolute Gasteiger partial charge is 0.350 e. The molecule has 4 rings (SSSR count). The maximum absolute atomic E-state index is 14.1. The van der Waals surface area contributed by atoms with Crippen LogP contribution >= 0.6 is 11.3 Å². The molecule has 36 heavy (non-hydrogen) atoms. The van der Waals surface area contributed by atoms with Crippen molar-refractivity contribution < 1.29 is 14.3 Å². The van der Waals surface area contributed by atoms with Gasteiger partial charge in [-0.2, -0.15) is 0 Å². The lowest BCUT2D eigenvalue weighted by Crippen LogP contribution is -2.46. The third-order valence-electron chi connectivity index (χ3n) is 7.35. The van der Waals surface area contributed by atoms with E-state index in [9.17, 15) is 9.59 Å². The summed E-state index contributed by atoms with van der Waals surface area (Å²) in [4.78, 5) is 30.2. The van der Waals surface area contributed by atoms with Crippen LogP contribution in [0.15, 0.2) is 18.5 Å². The fourth-order valence-electron chi connectivity index (χ4n) is 5.30. The first-order chi connectivity index (χ1) is 17.2. The zero-order valence-corrected chi connectivity index (χ0v) is 22.9. The number of rotatable bonds is 5. The molecule has 2 fully saturated rings. The number of anilines is 1. The predicted molar refractivity (Wildman–Crippen MR) is 142 cm³/mol. The first-order valence-electron chi connectivity index (χ1n) is 13.1. The first kappa shape index (κ1) is 26.4. The molecule has 0 aliphatic heterocycles. The fraction of sp³-hybridized carbons (Fsp3) is 0.643. The third-order valence-corrected chi connectivity index (χ3v) is 8.37. The largest absolute Gasteiger partial charge is 0.465 e. The van der Waals surface area contributed by atoms with Gasteiger partial charge >= 0.3 is 5.97 Å². The summed E-state index contributed by atoms with van der Waals surface area (Å²) in [6.45, 7) is 8.44. The van der Waals surface area contributed by atoms with Gasteiger partial charge in [0.25, 0.3) is 0 Å². The van der Waals surface area contributed by atoms with Crippen LogP contribution in [0.4, 0.5) is 5.69 Å². The summed E-state index contributed by atoms with van der Waals surface area (Å²) >= 11 is 1.32. The molecule has 2 aliphatic carbocycles. The second-order valence-corrected chi connectivity index (χ2v) is 12.4. The minimum absolute atomic E-state index is 0.0104. The summed E-state index contributed by atoms with van der Waals surface area (Å²) in [6, 6.07) is 2.24. The molecule has 2 aromatic rings. The summed E-state index contributed by atoms with van der Waals surface area (Å²) in [6.07, 6.45) is 11.1. The van der Waals surface area contributed by atoms with Gasteiger partial charge in [-0.25, -0.2) is 9.48 Å². The Morgan fingerprint density at radius 3 is 2.39 bits per heavy atom. The monoisotopic (exact) mass is 510 g/mol. The van der Waals surface area contributed by atoms with Crippen LogP contribution in [-0.2, 0) is 9.53 Å². The van der Waals surface area contributed by atoms with Crippen LogP contribution in [0.5, 0.6) is 0 Å². The average molecular weight is 511 g/mol. The van der Waals surface area contributed by atoms with E-state index in [1.807, 2.05) is 21.8 Å². The highest BCUT2D eigenvalue weighted by Gasteiger charge is 2.38. The molecular weight excluding hydrogens is 472 g/mol. The van der Waals surface area contributed by atoms with Crippen molar-refractivity contribution >= 4 is 28.9 Å². The number of esters is 1. The molecule has 2 aromatic heterocycles. The Morgan fingerprint density at radius 1 is 1.11 bits per heavy atom. The molecule has 2 aliphatic rings. The van der Waals surface area contributed by atoms with E-state index in [0.717, 1.165) is 56.2 Å². The quantitative estimate of drug-likeness (QED) is 0.372. The second-order valence-electron chi connectivity index (χ2n) is 11.3. The third kappa shape index (κ3) is 6.18. The Bertz CT molecular complexity index is 1110. The highest BCUT2D eigenvalue weighted by Crippen LogP contribution is 2.40. The van der Waals surface area contributed by atoms with Crippen molar-refractivity contribution in [1.29, 1.82) is 0 Å². The average Bonchev–Trinajstić information content (AvgIpc) is 3.54. The van der Waals surface area contributed by atoms with Gasteiger partial charge < -0.3 is 9.64 Å². The van der Waals surface area contributed by atoms with Crippen molar-refractivity contribution in [2.45, 2.75) is 91.1 Å². The predicted octanol–water partition coefficient (Wildman–Crippen LogP) is 5.87. The minimum Gasteiger partial charge on any atom is -0.465 e. The lowest BCUT2D eigenvalue weighted by molar-refractivity contribution is -0.124. The molecule has 8 heteroatoms. The Kier molecular flexibility index (Phi) is 8.19. The molecule has 1 amide bonds. The Labute approximate surface area is 218 Å². The fourth-order valence-corrected chi connectivity index (χ4v) is 6.22. The maximum atomic E-state index is 14.1. The first-order valence-corrected chi connectivity index (χ1v) is 13.9. The number of hydrogen-bond donors (Lipinski definition) is 0. The molecule has 0 bridgehead atoms. The van der Waals surface area contributed by atoms with Crippen LogP contribution in [-0.4, -0.2) is 40.0 Å². The minimum atomic E-state index is -0.412. The molecule has 194 valence electrons. The summed E-state index contributed by atoms with van der Waals surface area (Å²) in [5.74, 6) is 6.88. The lowest BCUT2D eigenvalue weighted by atomic mass is 9.81. The summed E-state index contributed by atoms with van der Waals surface area (Å²) < 4.78 is 7.07. The number of hydrogen-bond acceptors (Lipinski definition) is 6. The molecule has 0 N–H and O–H groups in total. The van der Waals surface area contributed by atoms with Gasteiger partial charge in [0.2, 0.25) is 5.91 Å². The van der Waals surface area contributed by atoms with Crippen LogP contribution in [0.2, 0.25) is 0 Å². The lowest BCUT2D eigenvalue weighted by Gasteiger charge is -2.39. The highest BCUT2D eigenvalue weighted by atomic mass is 32.1. The van der Waals surface area contributed by atoms with E-state index in [-0.39, 0.29) is 29.3 Å². The molecule has 0 saturated heterocycles. The number of nitrogens with zero attached hydrogens (tertiary/aromatic N) is 4. The molecule has 0 aromatic carbocycles. The Morgan fingerprint density at radius 2 is 1.81 bits per heavy atom. The van der Waals surface area contributed by atoms with Gasteiger partial charge in [-0.05, 0) is 84.1 Å². The van der Waals surface area contributed by atoms with Gasteiger partial charge in [0.05, 0.1) is 29.9 Å². The van der Waals surface area contributed by atoms with Gasteiger partial charge in [-0.1, -0.05) is 24.0 Å². The maximum Gasteiger partial charge on any atom is 0.350 e. The number of thiophene rings is 1. The zero-order chi connectivity index (χ0) is 25.9. The topological polar surface area (TPSA) is 77.3 Å². The zero-order valence-electron chi connectivity index (χ0n) is 22.1. The van der Waals surface area contributed by atoms with E-state index in [4.69, 9.17) is 4.74 Å². The summed E-state index contributed by atoms with van der Waals surface area (Å²) in [5, 5.41) is 8.14. The molecule has 0 atom stereocenters. The van der Waals surface area contributed by atoms with Crippen LogP contribution in [0, 0.1) is 29.1 Å². The van der Waals surface area contributed by atoms with E-state index in [1.165, 1.54) is 18.4 Å². The van der Waals surface area contributed by atoms with Crippen molar-refractivity contribution in [3.8, 4) is 11.8 Å². The van der Waals surface area contributed by atoms with Crippen molar-refractivity contribution in [2.75, 3.05) is 12.0 Å². The van der Waals surface area contributed by atoms with Gasteiger partial charge in [-0.15, -0.1) is 16.4 Å². The van der Waals surface area contributed by atoms with Gasteiger partial charge in [0.15, 0.2) is 0 Å². The van der Waals surface area contributed by atoms with E-state index < -0.39 is 5.97 Å². The van der Waals surface area contributed by atoms with E-state index in [1.54, 1.807) is 6.20 Å². The number of aromatic nitrogens is 3. The van der Waals surface area contributed by atoms with Crippen molar-refractivity contribution in [2.24, 2.45) is 17.3 Å². The molecular formula is C28H38N4O3S. The van der Waals surface area contributed by atoms with Crippen LogP contribution in [0.1, 0.15) is 99.7 Å². The number of carbonyl (C=O) groups excluding carboxylic acids is 2. The normalized spacial score (nSPS) is 24.5. The highest BCUT2D eigenvalue weighted by molar-refractivity contribution is 7.15. The van der Waals surface area contributed by atoms with Crippen molar-refractivity contribution in [3.63, 3.8) is 0 Å². The van der Waals surface area contributed by atoms with Crippen LogP contribution < -0.4 is 4.90 Å². The molecule has 2 heterocycles. The standard InChI is InChI=1S/C28H38N4O3S/c1-19-6-8-20(9-7-19)26(33)32(22-12-10-21(11-13-22)31-17-16-29-30-31)24-18-23(14-15-28(2,3)4)36-25(24)27(34)35-5/h16-22H,6-13H2,1-5H3. The molecule has 0 radical (unpaired) electrons. The van der Waals surface area contributed by atoms with E-state index >= 15 is 0 Å². The molecule has 0 spiro atoms. The van der Waals surface area contributed by atoms with Crippen LogP contribution in [0.3, 0.4) is 0 Å². The van der Waals surface area contributed by atoms with Gasteiger partial charge in [0.1, 0.15) is 4.88 Å². The SMILES string of the molecule is COC(=O)c1sc(C#CC(C)(C)C)cc1N(C(=O)C1CCC(C)CC1)C1CCC(n2ccnn2)CC1. The van der Waals surface area contributed by atoms with Crippen molar-refractivity contribution in [3.05, 3.63) is 28.2 Å². The van der Waals surface area contributed by atoms with Crippen LogP contribution in [0.25, 0.3) is 0 Å². The van der Waals surface area contributed by atoms with Gasteiger partial charge in [-0.3, -0.25) is 4.79 Å². The van der Waals surface area contributed by atoms with Crippen molar-refractivity contribution in [1.82, 2.24) is 15.0 Å². The number of carbonyl (C=O) groups is 2. The number of amides is 1. The van der Waals surface area contributed by atoms with E-state index in [2.05, 4.69) is 49.8 Å². The van der Waals surface area contributed by atoms with Gasteiger partial charge in [0, 0.05) is 23.6 Å². The number of ether oxygens (including phenoxy) is 1. The second kappa shape index (κ2) is 11.2. The summed E-state index contributed by atoms with van der Waals surface area (Å²) in [7, 11) is 1.39. The van der Waals surface area contributed by atoms with E-state index in [0.29, 0.717) is 16.5 Å². The summed E-state index contributed by atoms with van der Waals surface area (Å²) in [5.41, 5.74) is 0.502. The molecule has 0 unspecified atom stereocenters. The molecule has 7 nitrogen and oxygen atoms in total. The molecule has 2 saturated carbocycles. The number of methoxy groups -OCH3 is 1. The Balaban J connectivity index is 1.68.